The van der Waals surface area contributed by atoms with Crippen LogP contribution in [0.5, 0.6) is 0 Å². The van der Waals surface area contributed by atoms with Crippen LogP contribution >= 0.6 is 34.9 Å². The molecule has 0 bridgehead atoms. The lowest BCUT2D eigenvalue weighted by Crippen LogP contribution is -2.22. The van der Waals surface area contributed by atoms with Crippen LogP contribution in [-0.2, 0) is 4.79 Å². The second-order valence-electron chi connectivity index (χ2n) is 6.27. The maximum atomic E-state index is 12.5. The Kier molecular flexibility index (Phi) is 5.46. The van der Waals surface area contributed by atoms with Crippen LogP contribution < -0.4 is 5.32 Å². The largest absolute Gasteiger partial charge is 0.325 e. The Morgan fingerprint density at radius 2 is 2.11 bits per heavy atom. The topological polar surface area (TPSA) is 85.6 Å². The molecule has 0 aliphatic heterocycles. The van der Waals surface area contributed by atoms with Gasteiger partial charge in [-0.1, -0.05) is 23.5 Å². The second-order valence-corrected chi connectivity index (χ2v) is 9.75. The molecule has 2 aromatic heterocycles. The molecule has 1 unspecified atom stereocenters. The summed E-state index contributed by atoms with van der Waals surface area (Å²) in [5.41, 5.74) is 1.81. The molecular formula is C17H18N6OS3. The third kappa shape index (κ3) is 4.69. The molecular weight excluding hydrogens is 400 g/mol. The summed E-state index contributed by atoms with van der Waals surface area (Å²) < 4.78 is 2.84. The number of hydrogen-bond donors (Lipinski definition) is 1. The predicted octanol–water partition coefficient (Wildman–Crippen LogP) is 4.04. The minimum absolute atomic E-state index is 0.0682. The molecule has 27 heavy (non-hydrogen) atoms. The molecule has 1 atom stereocenters. The number of amides is 1. The van der Waals surface area contributed by atoms with Gasteiger partial charge in [-0.2, -0.15) is 0 Å². The summed E-state index contributed by atoms with van der Waals surface area (Å²) in [6, 6.07) is 8.19. The number of thiazole rings is 1. The molecule has 2 heterocycles. The number of aromatic nitrogens is 5. The molecule has 0 saturated heterocycles. The number of aryl methyl sites for hydroxylation is 1. The van der Waals surface area contributed by atoms with Crippen LogP contribution in [0.2, 0.25) is 0 Å². The van der Waals surface area contributed by atoms with Crippen molar-refractivity contribution in [1.82, 2.24) is 25.2 Å². The average molecular weight is 419 g/mol. The molecule has 0 radical (unpaired) electrons. The first-order valence-electron chi connectivity index (χ1n) is 8.54. The molecule has 7 nitrogen and oxygen atoms in total. The molecule has 1 aromatic carbocycles. The Morgan fingerprint density at radius 3 is 2.78 bits per heavy atom. The number of carbonyl (C=O) groups is 1. The standard InChI is InChI=1S/C17H18N6OS3/c1-10-9-25-17(18-10)27-14-7-3-12(4-8-14)19-15(24)11(2)26-16-20-21-22-23(16)13-5-6-13/h3-4,7-9,11,13H,5-6H2,1-2H3,(H,19,24). The Balaban J connectivity index is 1.33. The highest BCUT2D eigenvalue weighted by Gasteiger charge is 2.29. The molecule has 4 rings (SSSR count). The van der Waals surface area contributed by atoms with Crippen molar-refractivity contribution in [3.8, 4) is 0 Å². The van der Waals surface area contributed by atoms with Crippen molar-refractivity contribution < 1.29 is 4.79 Å². The van der Waals surface area contributed by atoms with Gasteiger partial charge in [-0.3, -0.25) is 4.79 Å². The Labute approximate surface area is 169 Å². The number of benzene rings is 1. The quantitative estimate of drug-likeness (QED) is 0.579. The zero-order valence-corrected chi connectivity index (χ0v) is 17.3. The molecule has 140 valence electrons. The summed E-state index contributed by atoms with van der Waals surface area (Å²) in [7, 11) is 0. The van der Waals surface area contributed by atoms with E-state index in [4.69, 9.17) is 0 Å². The van der Waals surface area contributed by atoms with E-state index >= 15 is 0 Å². The van der Waals surface area contributed by atoms with E-state index in [0.717, 1.165) is 33.5 Å². The molecule has 3 aromatic rings. The minimum Gasteiger partial charge on any atom is -0.325 e. The molecule has 10 heteroatoms. The van der Waals surface area contributed by atoms with Gasteiger partial charge in [-0.05, 0) is 61.4 Å². The number of tetrazole rings is 1. The molecule has 1 aliphatic carbocycles. The lowest BCUT2D eigenvalue weighted by molar-refractivity contribution is -0.115. The lowest BCUT2D eigenvalue weighted by atomic mass is 10.3. The van der Waals surface area contributed by atoms with E-state index in [0.29, 0.717) is 11.2 Å². The van der Waals surface area contributed by atoms with E-state index in [1.54, 1.807) is 23.1 Å². The van der Waals surface area contributed by atoms with Gasteiger partial charge in [0.2, 0.25) is 11.1 Å². The molecule has 0 spiro atoms. The number of hydrogen-bond acceptors (Lipinski definition) is 8. The zero-order valence-electron chi connectivity index (χ0n) is 14.8. The van der Waals surface area contributed by atoms with Gasteiger partial charge in [0.05, 0.1) is 11.3 Å². The molecule has 1 N–H and O–H groups in total. The predicted molar refractivity (Wildman–Crippen MR) is 107 cm³/mol. The van der Waals surface area contributed by atoms with Gasteiger partial charge in [0.15, 0.2) is 4.34 Å². The van der Waals surface area contributed by atoms with Crippen LogP contribution in [-0.4, -0.2) is 36.3 Å². The third-order valence-electron chi connectivity index (χ3n) is 3.93. The van der Waals surface area contributed by atoms with Gasteiger partial charge >= 0.3 is 0 Å². The Hall–Kier alpha value is -1.91. The van der Waals surface area contributed by atoms with Crippen LogP contribution in [0.4, 0.5) is 5.69 Å². The van der Waals surface area contributed by atoms with Crippen LogP contribution in [0.1, 0.15) is 31.5 Å². The second kappa shape index (κ2) is 7.99. The highest BCUT2D eigenvalue weighted by molar-refractivity contribution is 8.01. The van der Waals surface area contributed by atoms with E-state index in [1.807, 2.05) is 48.2 Å². The summed E-state index contributed by atoms with van der Waals surface area (Å²) in [6.45, 7) is 3.85. The Bertz CT molecular complexity index is 934. The van der Waals surface area contributed by atoms with E-state index in [-0.39, 0.29) is 11.2 Å². The molecule has 1 aliphatic rings. The van der Waals surface area contributed by atoms with Gasteiger partial charge in [0.25, 0.3) is 0 Å². The summed E-state index contributed by atoms with van der Waals surface area (Å²) in [6.07, 6.45) is 2.20. The summed E-state index contributed by atoms with van der Waals surface area (Å²) in [5.74, 6) is -0.0682. The number of anilines is 1. The molecule has 1 amide bonds. The SMILES string of the molecule is Cc1csc(Sc2ccc(NC(=O)C(C)Sc3nnnn3C3CC3)cc2)n1. The van der Waals surface area contributed by atoms with Crippen molar-refractivity contribution in [2.24, 2.45) is 0 Å². The zero-order chi connectivity index (χ0) is 18.8. The minimum atomic E-state index is -0.291. The number of nitrogens with one attached hydrogen (secondary N) is 1. The summed E-state index contributed by atoms with van der Waals surface area (Å²) in [5, 5.41) is 17.2. The normalized spacial score (nSPS) is 14.9. The van der Waals surface area contributed by atoms with Crippen LogP contribution in [0.25, 0.3) is 0 Å². The molecule has 1 fully saturated rings. The van der Waals surface area contributed by atoms with Crippen LogP contribution in [0.3, 0.4) is 0 Å². The first-order chi connectivity index (χ1) is 13.1. The fourth-order valence-corrected chi connectivity index (χ4v) is 5.02. The van der Waals surface area contributed by atoms with Gasteiger partial charge in [-0.25, -0.2) is 9.67 Å². The third-order valence-corrected chi connectivity index (χ3v) is 7.04. The number of thioether (sulfide) groups is 1. The Morgan fingerprint density at radius 1 is 1.33 bits per heavy atom. The van der Waals surface area contributed by atoms with Gasteiger partial charge in [-0.15, -0.1) is 16.4 Å². The summed E-state index contributed by atoms with van der Waals surface area (Å²) in [4.78, 5) is 18.0. The molecule has 1 saturated carbocycles. The van der Waals surface area contributed by atoms with Crippen molar-refractivity contribution >= 4 is 46.5 Å². The van der Waals surface area contributed by atoms with Crippen LogP contribution in [0, 0.1) is 6.92 Å². The number of nitrogens with zero attached hydrogens (tertiary/aromatic N) is 5. The highest BCUT2D eigenvalue weighted by atomic mass is 32.2. The van der Waals surface area contributed by atoms with Crippen molar-refractivity contribution in [3.63, 3.8) is 0 Å². The maximum Gasteiger partial charge on any atom is 0.237 e. The lowest BCUT2D eigenvalue weighted by Gasteiger charge is -2.11. The van der Waals surface area contributed by atoms with Gasteiger partial charge < -0.3 is 5.32 Å². The first kappa shape index (κ1) is 18.5. The first-order valence-corrected chi connectivity index (χ1v) is 11.1. The fourth-order valence-electron chi connectivity index (χ4n) is 2.35. The number of rotatable bonds is 7. The van der Waals surface area contributed by atoms with E-state index < -0.39 is 0 Å². The van der Waals surface area contributed by atoms with Crippen molar-refractivity contribution in [2.75, 3.05) is 5.32 Å². The maximum absolute atomic E-state index is 12.5. The average Bonchev–Trinajstić information content (AvgIpc) is 3.26. The fraction of sp³-hybridized carbons (Fsp3) is 0.353. The van der Waals surface area contributed by atoms with Crippen molar-refractivity contribution in [2.45, 2.75) is 52.4 Å². The van der Waals surface area contributed by atoms with E-state index in [9.17, 15) is 4.79 Å². The van der Waals surface area contributed by atoms with Gasteiger partial charge in [0, 0.05) is 21.7 Å². The highest BCUT2D eigenvalue weighted by Crippen LogP contribution is 2.37. The van der Waals surface area contributed by atoms with Crippen molar-refractivity contribution in [3.05, 3.63) is 35.3 Å². The number of carbonyl (C=O) groups excluding carboxylic acids is 1. The van der Waals surface area contributed by atoms with Crippen LogP contribution in [0.15, 0.2) is 44.0 Å². The van der Waals surface area contributed by atoms with Gasteiger partial charge in [0.1, 0.15) is 0 Å². The van der Waals surface area contributed by atoms with Crippen molar-refractivity contribution in [1.29, 1.82) is 0 Å². The smallest absolute Gasteiger partial charge is 0.237 e. The van der Waals surface area contributed by atoms with E-state index in [1.165, 1.54) is 11.8 Å². The monoisotopic (exact) mass is 418 g/mol. The van der Waals surface area contributed by atoms with E-state index in [2.05, 4.69) is 25.8 Å². The summed E-state index contributed by atoms with van der Waals surface area (Å²) >= 11 is 4.64.